The summed E-state index contributed by atoms with van der Waals surface area (Å²) in [7, 11) is -3.26. The fraction of sp³-hybridized carbons (Fsp3) is 0.600. The summed E-state index contributed by atoms with van der Waals surface area (Å²) in [4.78, 5) is 0. The average Bonchev–Trinajstić information content (AvgIpc) is 2.48. The van der Waals surface area contributed by atoms with Crippen LogP contribution in [0.2, 0.25) is 0 Å². The molecule has 0 atom stereocenters. The Morgan fingerprint density at radius 2 is 1.95 bits per heavy atom. The monoisotopic (exact) mass is 314 g/mol. The zero-order valence-corrected chi connectivity index (χ0v) is 13.0. The van der Waals surface area contributed by atoms with Crippen molar-refractivity contribution in [2.24, 2.45) is 5.92 Å². The van der Waals surface area contributed by atoms with E-state index in [9.17, 15) is 12.8 Å². The van der Waals surface area contributed by atoms with Crippen molar-refractivity contribution >= 4 is 10.0 Å². The molecule has 0 saturated carbocycles. The third-order valence-corrected chi connectivity index (χ3v) is 5.34. The van der Waals surface area contributed by atoms with Crippen molar-refractivity contribution in [3.63, 3.8) is 0 Å². The molecule has 0 bridgehead atoms. The van der Waals surface area contributed by atoms with Crippen LogP contribution in [0.5, 0.6) is 0 Å². The van der Waals surface area contributed by atoms with E-state index in [0.29, 0.717) is 24.3 Å². The summed E-state index contributed by atoms with van der Waals surface area (Å²) in [6, 6.07) is 6.45. The molecule has 0 unspecified atom stereocenters. The molecule has 2 rings (SSSR count). The lowest BCUT2D eigenvalue weighted by atomic mass is 9.96. The van der Waals surface area contributed by atoms with Crippen LogP contribution in [0.3, 0.4) is 0 Å². The number of nitrogens with one attached hydrogen (secondary N) is 2. The summed E-state index contributed by atoms with van der Waals surface area (Å²) < 4.78 is 39.8. The van der Waals surface area contributed by atoms with Crippen molar-refractivity contribution < 1.29 is 12.8 Å². The van der Waals surface area contributed by atoms with Crippen molar-refractivity contribution in [1.29, 1.82) is 0 Å². The molecule has 4 nitrogen and oxygen atoms in total. The standard InChI is InChI=1S/C15H23FN2O2S/c16-15-4-2-1-3-14(15)7-11-18-21(19,20)12-8-13-5-9-17-10-6-13/h1-4,13,17-18H,5-12H2. The highest BCUT2D eigenvalue weighted by molar-refractivity contribution is 7.89. The van der Waals surface area contributed by atoms with E-state index < -0.39 is 10.0 Å². The van der Waals surface area contributed by atoms with Gasteiger partial charge in [-0.1, -0.05) is 18.2 Å². The third-order valence-electron chi connectivity index (χ3n) is 3.93. The second kappa shape index (κ2) is 7.87. The van der Waals surface area contributed by atoms with Crippen LogP contribution < -0.4 is 10.0 Å². The molecule has 2 N–H and O–H groups in total. The maximum atomic E-state index is 13.4. The van der Waals surface area contributed by atoms with Crippen LogP contribution in [0.25, 0.3) is 0 Å². The summed E-state index contributed by atoms with van der Waals surface area (Å²) in [6.07, 6.45) is 3.17. The second-order valence-corrected chi connectivity index (χ2v) is 7.46. The number of rotatable bonds is 7. The quantitative estimate of drug-likeness (QED) is 0.805. The van der Waals surface area contributed by atoms with Gasteiger partial charge in [-0.25, -0.2) is 17.5 Å². The molecule has 1 saturated heterocycles. The van der Waals surface area contributed by atoms with Crippen LogP contribution in [0.4, 0.5) is 4.39 Å². The minimum Gasteiger partial charge on any atom is -0.317 e. The van der Waals surface area contributed by atoms with Crippen molar-refractivity contribution in [2.75, 3.05) is 25.4 Å². The molecule has 0 amide bonds. The highest BCUT2D eigenvalue weighted by Crippen LogP contribution is 2.16. The Balaban J connectivity index is 1.72. The largest absolute Gasteiger partial charge is 0.317 e. The van der Waals surface area contributed by atoms with Crippen LogP contribution in [-0.2, 0) is 16.4 Å². The number of benzene rings is 1. The molecule has 21 heavy (non-hydrogen) atoms. The van der Waals surface area contributed by atoms with Gasteiger partial charge in [-0.05, 0) is 56.3 Å². The Morgan fingerprint density at radius 1 is 1.24 bits per heavy atom. The Hall–Kier alpha value is -0.980. The second-order valence-electron chi connectivity index (χ2n) is 5.54. The fourth-order valence-corrected chi connectivity index (χ4v) is 3.81. The number of halogens is 1. The fourth-order valence-electron chi connectivity index (χ4n) is 2.61. The topological polar surface area (TPSA) is 58.2 Å². The number of hydrogen-bond acceptors (Lipinski definition) is 3. The number of hydrogen-bond donors (Lipinski definition) is 2. The van der Waals surface area contributed by atoms with E-state index in [4.69, 9.17) is 0 Å². The van der Waals surface area contributed by atoms with Gasteiger partial charge in [0.2, 0.25) is 10.0 Å². The number of piperidine rings is 1. The van der Waals surface area contributed by atoms with Gasteiger partial charge in [-0.3, -0.25) is 0 Å². The van der Waals surface area contributed by atoms with E-state index in [2.05, 4.69) is 10.0 Å². The normalized spacial score (nSPS) is 17.0. The van der Waals surface area contributed by atoms with Crippen molar-refractivity contribution in [3.8, 4) is 0 Å². The minimum absolute atomic E-state index is 0.162. The van der Waals surface area contributed by atoms with E-state index >= 15 is 0 Å². The molecule has 118 valence electrons. The van der Waals surface area contributed by atoms with Gasteiger partial charge >= 0.3 is 0 Å². The summed E-state index contributed by atoms with van der Waals surface area (Å²) in [5.74, 6) is 0.371. The molecule has 1 heterocycles. The lowest BCUT2D eigenvalue weighted by Crippen LogP contribution is -2.32. The maximum Gasteiger partial charge on any atom is 0.211 e. The molecule has 6 heteroatoms. The van der Waals surface area contributed by atoms with Gasteiger partial charge in [0, 0.05) is 6.54 Å². The van der Waals surface area contributed by atoms with E-state index in [1.807, 2.05) is 0 Å². The first kappa shape index (κ1) is 16.4. The number of sulfonamides is 1. The van der Waals surface area contributed by atoms with Crippen LogP contribution in [0.1, 0.15) is 24.8 Å². The molecule has 1 fully saturated rings. The predicted octanol–water partition coefficient (Wildman–Crippen LogP) is 1.68. The Labute approximate surface area is 126 Å². The molecule has 1 aliphatic heterocycles. The zero-order chi connectivity index (χ0) is 15.1. The van der Waals surface area contributed by atoms with Gasteiger partial charge in [-0.15, -0.1) is 0 Å². The summed E-state index contributed by atoms with van der Waals surface area (Å²) in [6.45, 7) is 2.20. The molecule has 1 aromatic rings. The van der Waals surface area contributed by atoms with E-state index in [0.717, 1.165) is 25.9 Å². The first-order valence-electron chi connectivity index (χ1n) is 7.48. The molecule has 1 aliphatic rings. The van der Waals surface area contributed by atoms with Gasteiger partial charge in [0.15, 0.2) is 0 Å². The lowest BCUT2D eigenvalue weighted by Gasteiger charge is -2.22. The smallest absolute Gasteiger partial charge is 0.211 e. The average molecular weight is 314 g/mol. The van der Waals surface area contributed by atoms with Crippen molar-refractivity contribution in [3.05, 3.63) is 35.6 Å². The first-order valence-corrected chi connectivity index (χ1v) is 9.13. The highest BCUT2D eigenvalue weighted by Gasteiger charge is 2.17. The molecule has 0 radical (unpaired) electrons. The van der Waals surface area contributed by atoms with Crippen molar-refractivity contribution in [1.82, 2.24) is 10.0 Å². The Bertz CT molecular complexity index is 542. The van der Waals surface area contributed by atoms with Crippen LogP contribution in [0, 0.1) is 11.7 Å². The van der Waals surface area contributed by atoms with Crippen LogP contribution >= 0.6 is 0 Å². The molecule has 0 spiro atoms. The van der Waals surface area contributed by atoms with E-state index in [-0.39, 0.29) is 18.1 Å². The van der Waals surface area contributed by atoms with Gasteiger partial charge in [0.1, 0.15) is 5.82 Å². The Morgan fingerprint density at radius 3 is 2.67 bits per heavy atom. The Kier molecular flexibility index (Phi) is 6.14. The van der Waals surface area contributed by atoms with Gasteiger partial charge < -0.3 is 5.32 Å². The summed E-state index contributed by atoms with van der Waals surface area (Å²) in [5, 5.41) is 3.27. The van der Waals surface area contributed by atoms with E-state index in [1.54, 1.807) is 18.2 Å². The lowest BCUT2D eigenvalue weighted by molar-refractivity contribution is 0.365. The van der Waals surface area contributed by atoms with Gasteiger partial charge in [0.25, 0.3) is 0 Å². The molecule has 0 aromatic heterocycles. The van der Waals surface area contributed by atoms with Crippen LogP contribution in [-0.4, -0.2) is 33.8 Å². The van der Waals surface area contributed by atoms with Gasteiger partial charge in [-0.2, -0.15) is 0 Å². The van der Waals surface area contributed by atoms with E-state index in [1.165, 1.54) is 6.07 Å². The predicted molar refractivity (Wildman–Crippen MR) is 82.1 cm³/mol. The highest BCUT2D eigenvalue weighted by atomic mass is 32.2. The molecule has 0 aliphatic carbocycles. The summed E-state index contributed by atoms with van der Waals surface area (Å²) >= 11 is 0. The summed E-state index contributed by atoms with van der Waals surface area (Å²) in [5.41, 5.74) is 0.540. The maximum absolute atomic E-state index is 13.4. The minimum atomic E-state index is -3.26. The third kappa shape index (κ3) is 5.73. The van der Waals surface area contributed by atoms with Gasteiger partial charge in [0.05, 0.1) is 5.75 Å². The molecular formula is C15H23FN2O2S. The van der Waals surface area contributed by atoms with Crippen molar-refractivity contribution in [2.45, 2.75) is 25.7 Å². The SMILES string of the molecule is O=S(=O)(CCC1CCNCC1)NCCc1ccccc1F. The first-order chi connectivity index (χ1) is 10.1. The molecular weight excluding hydrogens is 291 g/mol. The molecule has 1 aromatic carbocycles. The van der Waals surface area contributed by atoms with Crippen LogP contribution in [0.15, 0.2) is 24.3 Å². The zero-order valence-electron chi connectivity index (χ0n) is 12.1.